The number of hydrogen-bond acceptors (Lipinski definition) is 2. The first-order valence-electron chi connectivity index (χ1n) is 5.89. The first kappa shape index (κ1) is 11.7. The fraction of sp³-hybridized carbons (Fsp3) is 0.200. The van der Waals surface area contributed by atoms with Crippen molar-refractivity contribution < 1.29 is 0 Å². The fourth-order valence-corrected chi connectivity index (χ4v) is 1.85. The Hall–Kier alpha value is -1.80. The van der Waals surface area contributed by atoms with Gasteiger partial charge in [-0.3, -0.25) is 0 Å². The van der Waals surface area contributed by atoms with Gasteiger partial charge in [-0.05, 0) is 24.6 Å². The lowest BCUT2D eigenvalue weighted by atomic mass is 10.0. The number of para-hydroxylation sites is 1. The molecule has 2 atom stereocenters. The Morgan fingerprint density at radius 3 is 2.00 bits per heavy atom. The zero-order valence-electron chi connectivity index (χ0n) is 10.0. The Labute approximate surface area is 102 Å². The standard InChI is InChI=1S/C15H18N2/c1-12(17-14-10-6-3-7-11-14)15(16)13-8-4-2-5-9-13/h2-12,15,17H,16H2,1H3. The van der Waals surface area contributed by atoms with Gasteiger partial charge >= 0.3 is 0 Å². The van der Waals surface area contributed by atoms with Crippen LogP contribution in [0.5, 0.6) is 0 Å². The van der Waals surface area contributed by atoms with Gasteiger partial charge < -0.3 is 11.1 Å². The van der Waals surface area contributed by atoms with E-state index in [-0.39, 0.29) is 12.1 Å². The van der Waals surface area contributed by atoms with Gasteiger partial charge in [0.25, 0.3) is 0 Å². The molecule has 0 saturated carbocycles. The van der Waals surface area contributed by atoms with Gasteiger partial charge in [0.2, 0.25) is 0 Å². The predicted octanol–water partition coefficient (Wildman–Crippen LogP) is 3.19. The Balaban J connectivity index is 2.03. The van der Waals surface area contributed by atoms with Crippen molar-refractivity contribution in [2.75, 3.05) is 5.32 Å². The molecule has 17 heavy (non-hydrogen) atoms. The van der Waals surface area contributed by atoms with Crippen LogP contribution in [0.3, 0.4) is 0 Å². The molecule has 2 rings (SSSR count). The highest BCUT2D eigenvalue weighted by atomic mass is 14.9. The van der Waals surface area contributed by atoms with E-state index < -0.39 is 0 Å². The molecule has 88 valence electrons. The Kier molecular flexibility index (Phi) is 3.78. The molecule has 0 aliphatic heterocycles. The lowest BCUT2D eigenvalue weighted by Crippen LogP contribution is -2.30. The van der Waals surface area contributed by atoms with E-state index in [0.29, 0.717) is 0 Å². The van der Waals surface area contributed by atoms with E-state index in [1.54, 1.807) is 0 Å². The topological polar surface area (TPSA) is 38.0 Å². The first-order valence-corrected chi connectivity index (χ1v) is 5.89. The van der Waals surface area contributed by atoms with Crippen LogP contribution in [-0.2, 0) is 0 Å². The van der Waals surface area contributed by atoms with E-state index in [2.05, 4.69) is 24.4 Å². The van der Waals surface area contributed by atoms with Crippen molar-refractivity contribution in [2.24, 2.45) is 5.73 Å². The number of nitrogens with two attached hydrogens (primary N) is 1. The van der Waals surface area contributed by atoms with Gasteiger partial charge in [0, 0.05) is 17.8 Å². The molecular weight excluding hydrogens is 208 g/mol. The van der Waals surface area contributed by atoms with Crippen LogP contribution >= 0.6 is 0 Å². The summed E-state index contributed by atoms with van der Waals surface area (Å²) in [6.45, 7) is 2.10. The molecule has 2 unspecified atom stereocenters. The summed E-state index contributed by atoms with van der Waals surface area (Å²) in [5.74, 6) is 0. The third-order valence-electron chi connectivity index (χ3n) is 2.89. The van der Waals surface area contributed by atoms with Gasteiger partial charge in [-0.1, -0.05) is 48.5 Å². The molecule has 2 nitrogen and oxygen atoms in total. The van der Waals surface area contributed by atoms with Crippen molar-refractivity contribution in [1.29, 1.82) is 0 Å². The minimum absolute atomic E-state index is 0.00333. The zero-order valence-corrected chi connectivity index (χ0v) is 10.0. The Bertz CT molecular complexity index is 439. The van der Waals surface area contributed by atoms with Crippen molar-refractivity contribution >= 4 is 5.69 Å². The summed E-state index contributed by atoms with van der Waals surface area (Å²) >= 11 is 0. The van der Waals surface area contributed by atoms with Gasteiger partial charge in [0.15, 0.2) is 0 Å². The molecule has 0 aliphatic rings. The van der Waals surface area contributed by atoms with Crippen molar-refractivity contribution in [3.8, 4) is 0 Å². The third kappa shape index (κ3) is 3.08. The molecule has 2 aromatic rings. The average molecular weight is 226 g/mol. The smallest absolute Gasteiger partial charge is 0.0497 e. The molecule has 0 aliphatic carbocycles. The number of hydrogen-bond donors (Lipinski definition) is 2. The van der Waals surface area contributed by atoms with Crippen LogP contribution in [0.2, 0.25) is 0 Å². The summed E-state index contributed by atoms with van der Waals surface area (Å²) in [4.78, 5) is 0. The Morgan fingerprint density at radius 1 is 0.882 bits per heavy atom. The molecular formula is C15H18N2. The van der Waals surface area contributed by atoms with Crippen LogP contribution in [0, 0.1) is 0 Å². The van der Waals surface area contributed by atoms with Crippen molar-refractivity contribution in [1.82, 2.24) is 0 Å². The molecule has 0 amide bonds. The lowest BCUT2D eigenvalue weighted by Gasteiger charge is -2.22. The number of rotatable bonds is 4. The number of benzene rings is 2. The summed E-state index contributed by atoms with van der Waals surface area (Å²) < 4.78 is 0. The second kappa shape index (κ2) is 5.51. The van der Waals surface area contributed by atoms with E-state index in [1.165, 1.54) is 0 Å². The highest BCUT2D eigenvalue weighted by molar-refractivity contribution is 5.44. The summed E-state index contributed by atoms with van der Waals surface area (Å²) in [6.07, 6.45) is 0. The maximum Gasteiger partial charge on any atom is 0.0497 e. The van der Waals surface area contributed by atoms with Crippen LogP contribution in [0.25, 0.3) is 0 Å². The average Bonchev–Trinajstić information content (AvgIpc) is 2.40. The van der Waals surface area contributed by atoms with Gasteiger partial charge in [0.1, 0.15) is 0 Å². The quantitative estimate of drug-likeness (QED) is 0.840. The Morgan fingerprint density at radius 2 is 1.41 bits per heavy atom. The molecule has 0 saturated heterocycles. The molecule has 2 heteroatoms. The molecule has 0 heterocycles. The zero-order chi connectivity index (χ0) is 12.1. The van der Waals surface area contributed by atoms with E-state index in [0.717, 1.165) is 11.3 Å². The number of anilines is 1. The second-order valence-electron chi connectivity index (χ2n) is 4.24. The summed E-state index contributed by atoms with van der Waals surface area (Å²) in [5.41, 5.74) is 8.48. The lowest BCUT2D eigenvalue weighted by molar-refractivity contribution is 0.624. The maximum absolute atomic E-state index is 6.22. The van der Waals surface area contributed by atoms with Crippen LogP contribution in [0.15, 0.2) is 60.7 Å². The normalized spacial score (nSPS) is 14.0. The van der Waals surface area contributed by atoms with Crippen molar-refractivity contribution in [2.45, 2.75) is 19.0 Å². The van der Waals surface area contributed by atoms with Crippen LogP contribution in [-0.4, -0.2) is 6.04 Å². The molecule has 0 bridgehead atoms. The van der Waals surface area contributed by atoms with E-state index in [1.807, 2.05) is 48.5 Å². The molecule has 0 aromatic heterocycles. The number of nitrogens with one attached hydrogen (secondary N) is 1. The van der Waals surface area contributed by atoms with Crippen molar-refractivity contribution in [3.63, 3.8) is 0 Å². The monoisotopic (exact) mass is 226 g/mol. The van der Waals surface area contributed by atoms with Crippen molar-refractivity contribution in [3.05, 3.63) is 66.2 Å². The molecule has 0 radical (unpaired) electrons. The van der Waals surface area contributed by atoms with Gasteiger partial charge in [0.05, 0.1) is 0 Å². The van der Waals surface area contributed by atoms with E-state index in [4.69, 9.17) is 5.73 Å². The fourth-order valence-electron chi connectivity index (χ4n) is 1.85. The molecule has 0 fully saturated rings. The summed E-state index contributed by atoms with van der Waals surface area (Å²) in [6, 6.07) is 20.5. The van der Waals surface area contributed by atoms with Gasteiger partial charge in [-0.25, -0.2) is 0 Å². The SMILES string of the molecule is CC(Nc1ccccc1)C(N)c1ccccc1. The minimum atomic E-state index is -0.00333. The molecule has 2 aromatic carbocycles. The first-order chi connectivity index (χ1) is 8.27. The van der Waals surface area contributed by atoms with E-state index in [9.17, 15) is 0 Å². The minimum Gasteiger partial charge on any atom is -0.381 e. The highest BCUT2D eigenvalue weighted by Gasteiger charge is 2.13. The van der Waals surface area contributed by atoms with Crippen LogP contribution in [0.4, 0.5) is 5.69 Å². The maximum atomic E-state index is 6.22. The molecule has 0 spiro atoms. The summed E-state index contributed by atoms with van der Waals surface area (Å²) in [5, 5.41) is 3.42. The largest absolute Gasteiger partial charge is 0.381 e. The van der Waals surface area contributed by atoms with Gasteiger partial charge in [-0.15, -0.1) is 0 Å². The highest BCUT2D eigenvalue weighted by Crippen LogP contribution is 2.17. The molecule has 3 N–H and O–H groups in total. The van der Waals surface area contributed by atoms with Crippen LogP contribution in [0.1, 0.15) is 18.5 Å². The summed E-state index contributed by atoms with van der Waals surface area (Å²) in [7, 11) is 0. The second-order valence-corrected chi connectivity index (χ2v) is 4.24. The van der Waals surface area contributed by atoms with E-state index >= 15 is 0 Å². The third-order valence-corrected chi connectivity index (χ3v) is 2.89. The van der Waals surface area contributed by atoms with Gasteiger partial charge in [-0.2, -0.15) is 0 Å². The van der Waals surface area contributed by atoms with Crippen LogP contribution < -0.4 is 11.1 Å². The predicted molar refractivity (Wildman–Crippen MR) is 72.9 cm³/mol.